The second kappa shape index (κ2) is 7.02. The Bertz CT molecular complexity index is 473. The Balaban J connectivity index is 1.84. The quantitative estimate of drug-likeness (QED) is 0.619. The number of piperazine rings is 1. The van der Waals surface area contributed by atoms with Gasteiger partial charge in [-0.05, 0) is 38.1 Å². The van der Waals surface area contributed by atoms with E-state index in [0.29, 0.717) is 5.02 Å². The van der Waals surface area contributed by atoms with Crippen molar-refractivity contribution in [1.29, 1.82) is 0 Å². The number of benzene rings is 1. The molecule has 0 aliphatic carbocycles. The molecule has 1 saturated heterocycles. The van der Waals surface area contributed by atoms with Gasteiger partial charge in [0.25, 0.3) is 5.69 Å². The molecule has 0 unspecified atom stereocenters. The van der Waals surface area contributed by atoms with Crippen LogP contribution in [-0.2, 0) is 6.42 Å². The van der Waals surface area contributed by atoms with Gasteiger partial charge in [-0.2, -0.15) is 0 Å². The summed E-state index contributed by atoms with van der Waals surface area (Å²) in [5.74, 6) is 0. The van der Waals surface area contributed by atoms with Gasteiger partial charge < -0.3 is 9.80 Å². The van der Waals surface area contributed by atoms with Gasteiger partial charge in [-0.25, -0.2) is 0 Å². The first-order valence-corrected chi connectivity index (χ1v) is 7.28. The second-order valence-electron chi connectivity index (χ2n) is 5.28. The number of hydrogen-bond donors (Lipinski definition) is 0. The molecule has 20 heavy (non-hydrogen) atoms. The zero-order chi connectivity index (χ0) is 14.5. The normalized spacial score (nSPS) is 17.3. The van der Waals surface area contributed by atoms with Crippen LogP contribution in [0.25, 0.3) is 0 Å². The van der Waals surface area contributed by atoms with Crippen molar-refractivity contribution in [2.45, 2.75) is 12.8 Å². The molecule has 0 amide bonds. The van der Waals surface area contributed by atoms with Gasteiger partial charge >= 0.3 is 0 Å². The fourth-order valence-corrected chi connectivity index (χ4v) is 2.64. The highest BCUT2D eigenvalue weighted by Crippen LogP contribution is 2.23. The fourth-order valence-electron chi connectivity index (χ4n) is 2.43. The molecule has 0 atom stereocenters. The molecule has 0 saturated carbocycles. The molecule has 1 aliphatic heterocycles. The number of likely N-dealkylation sites (N-methyl/N-ethyl adjacent to an activating group) is 1. The summed E-state index contributed by atoms with van der Waals surface area (Å²) < 4.78 is 0. The van der Waals surface area contributed by atoms with E-state index in [1.807, 2.05) is 0 Å². The first-order valence-electron chi connectivity index (χ1n) is 6.90. The summed E-state index contributed by atoms with van der Waals surface area (Å²) in [6, 6.07) is 4.66. The SMILES string of the molecule is CN1CCN(CCCc2cc([N+](=O)[O-])ccc2Cl)CC1. The lowest BCUT2D eigenvalue weighted by atomic mass is 10.1. The highest BCUT2D eigenvalue weighted by Gasteiger charge is 2.14. The predicted molar refractivity (Wildman–Crippen MR) is 80.4 cm³/mol. The average Bonchev–Trinajstić information content (AvgIpc) is 2.43. The van der Waals surface area contributed by atoms with Gasteiger partial charge in [0, 0.05) is 43.3 Å². The monoisotopic (exact) mass is 297 g/mol. The fraction of sp³-hybridized carbons (Fsp3) is 0.571. The summed E-state index contributed by atoms with van der Waals surface area (Å²) in [4.78, 5) is 15.2. The smallest absolute Gasteiger partial charge is 0.269 e. The van der Waals surface area contributed by atoms with Gasteiger partial charge in [-0.1, -0.05) is 11.6 Å². The second-order valence-corrected chi connectivity index (χ2v) is 5.69. The standard InChI is InChI=1S/C14H20ClN3O2/c1-16-7-9-17(10-8-16)6-2-3-12-11-13(18(19)20)4-5-14(12)15/h4-5,11H,2-3,6-10H2,1H3. The van der Waals surface area contributed by atoms with Crippen molar-refractivity contribution in [1.82, 2.24) is 9.80 Å². The van der Waals surface area contributed by atoms with E-state index < -0.39 is 0 Å². The minimum Gasteiger partial charge on any atom is -0.304 e. The van der Waals surface area contributed by atoms with Crippen molar-refractivity contribution in [2.75, 3.05) is 39.8 Å². The molecule has 1 heterocycles. The Morgan fingerprint density at radius 2 is 2.00 bits per heavy atom. The highest BCUT2D eigenvalue weighted by atomic mass is 35.5. The Labute approximate surface area is 124 Å². The van der Waals surface area contributed by atoms with Crippen LogP contribution < -0.4 is 0 Å². The van der Waals surface area contributed by atoms with Crippen LogP contribution in [0.2, 0.25) is 5.02 Å². The van der Waals surface area contributed by atoms with E-state index in [1.165, 1.54) is 6.07 Å². The largest absolute Gasteiger partial charge is 0.304 e. The third kappa shape index (κ3) is 4.16. The summed E-state index contributed by atoms with van der Waals surface area (Å²) in [5, 5.41) is 11.4. The van der Waals surface area contributed by atoms with Crippen LogP contribution in [0.4, 0.5) is 5.69 Å². The number of hydrogen-bond acceptors (Lipinski definition) is 4. The Hall–Kier alpha value is -1.17. The number of rotatable bonds is 5. The lowest BCUT2D eigenvalue weighted by Crippen LogP contribution is -2.44. The topological polar surface area (TPSA) is 49.6 Å². The van der Waals surface area contributed by atoms with Crippen molar-refractivity contribution < 1.29 is 4.92 Å². The van der Waals surface area contributed by atoms with E-state index >= 15 is 0 Å². The molecule has 0 radical (unpaired) electrons. The van der Waals surface area contributed by atoms with E-state index in [2.05, 4.69) is 16.8 Å². The maximum atomic E-state index is 10.8. The minimum absolute atomic E-state index is 0.115. The number of nitro benzene ring substituents is 1. The summed E-state index contributed by atoms with van der Waals surface area (Å²) in [6.07, 6.45) is 1.76. The number of nitrogens with zero attached hydrogens (tertiary/aromatic N) is 3. The predicted octanol–water partition coefficient (Wildman–Crippen LogP) is 2.43. The molecule has 1 aromatic carbocycles. The summed E-state index contributed by atoms with van der Waals surface area (Å²) in [5.41, 5.74) is 0.985. The molecule has 110 valence electrons. The van der Waals surface area contributed by atoms with E-state index in [4.69, 9.17) is 11.6 Å². The molecule has 1 aromatic rings. The zero-order valence-corrected chi connectivity index (χ0v) is 12.5. The first kappa shape index (κ1) is 15.2. The van der Waals surface area contributed by atoms with Gasteiger partial charge in [0.2, 0.25) is 0 Å². The zero-order valence-electron chi connectivity index (χ0n) is 11.7. The van der Waals surface area contributed by atoms with Gasteiger partial charge in [0.15, 0.2) is 0 Å². The van der Waals surface area contributed by atoms with Crippen molar-refractivity contribution in [2.24, 2.45) is 0 Å². The molecule has 2 rings (SSSR count). The van der Waals surface area contributed by atoms with Crippen LogP contribution in [-0.4, -0.2) is 54.5 Å². The maximum Gasteiger partial charge on any atom is 0.269 e. The Morgan fingerprint density at radius 3 is 2.65 bits per heavy atom. The van der Waals surface area contributed by atoms with Crippen LogP contribution in [0.1, 0.15) is 12.0 Å². The minimum atomic E-state index is -0.375. The molecule has 1 fully saturated rings. The molecule has 0 bridgehead atoms. The number of halogens is 1. The van der Waals surface area contributed by atoms with Gasteiger partial charge in [0.05, 0.1) is 4.92 Å². The van der Waals surface area contributed by atoms with E-state index in [0.717, 1.165) is 51.1 Å². The van der Waals surface area contributed by atoms with Crippen LogP contribution in [0, 0.1) is 10.1 Å². The summed E-state index contributed by atoms with van der Waals surface area (Å²) in [7, 11) is 2.14. The van der Waals surface area contributed by atoms with Gasteiger partial charge in [-0.15, -0.1) is 0 Å². The molecule has 1 aliphatic rings. The maximum absolute atomic E-state index is 10.8. The van der Waals surface area contributed by atoms with Crippen molar-refractivity contribution in [3.05, 3.63) is 38.9 Å². The van der Waals surface area contributed by atoms with Crippen LogP contribution in [0.15, 0.2) is 18.2 Å². The average molecular weight is 298 g/mol. The number of nitro groups is 1. The lowest BCUT2D eigenvalue weighted by molar-refractivity contribution is -0.384. The third-order valence-corrected chi connectivity index (χ3v) is 4.13. The summed E-state index contributed by atoms with van der Waals surface area (Å²) >= 11 is 6.10. The molecular formula is C14H20ClN3O2. The lowest BCUT2D eigenvalue weighted by Gasteiger charge is -2.32. The van der Waals surface area contributed by atoms with E-state index in [9.17, 15) is 10.1 Å². The molecule has 0 spiro atoms. The van der Waals surface area contributed by atoms with Crippen molar-refractivity contribution in [3.8, 4) is 0 Å². The van der Waals surface area contributed by atoms with E-state index in [1.54, 1.807) is 12.1 Å². The molecular weight excluding hydrogens is 278 g/mol. The third-order valence-electron chi connectivity index (χ3n) is 3.76. The van der Waals surface area contributed by atoms with Gasteiger partial charge in [0.1, 0.15) is 0 Å². The molecule has 0 aromatic heterocycles. The van der Waals surface area contributed by atoms with Crippen LogP contribution in [0.5, 0.6) is 0 Å². The molecule has 6 heteroatoms. The van der Waals surface area contributed by atoms with E-state index in [-0.39, 0.29) is 10.6 Å². The highest BCUT2D eigenvalue weighted by molar-refractivity contribution is 6.31. The van der Waals surface area contributed by atoms with Crippen molar-refractivity contribution >= 4 is 17.3 Å². The van der Waals surface area contributed by atoms with Gasteiger partial charge in [-0.3, -0.25) is 10.1 Å². The summed E-state index contributed by atoms with van der Waals surface area (Å²) in [6.45, 7) is 5.43. The van der Waals surface area contributed by atoms with Crippen LogP contribution in [0.3, 0.4) is 0 Å². The number of aryl methyl sites for hydroxylation is 1. The molecule has 5 nitrogen and oxygen atoms in total. The number of non-ortho nitro benzene ring substituents is 1. The molecule has 0 N–H and O–H groups in total. The Kier molecular flexibility index (Phi) is 5.34. The Morgan fingerprint density at radius 1 is 1.30 bits per heavy atom. The van der Waals surface area contributed by atoms with Crippen molar-refractivity contribution in [3.63, 3.8) is 0 Å². The first-order chi connectivity index (χ1) is 9.56. The van der Waals surface area contributed by atoms with Crippen LogP contribution >= 0.6 is 11.6 Å².